The molecular formula is C12H18N2O4. The lowest BCUT2D eigenvalue weighted by molar-refractivity contribution is -0.145. The summed E-state index contributed by atoms with van der Waals surface area (Å²) in [5.41, 5.74) is -0.421. The van der Waals surface area contributed by atoms with Gasteiger partial charge >= 0.3 is 5.97 Å². The molecule has 0 spiro atoms. The summed E-state index contributed by atoms with van der Waals surface area (Å²) in [6.07, 6.45) is 2.86. The van der Waals surface area contributed by atoms with Gasteiger partial charge < -0.3 is 14.0 Å². The van der Waals surface area contributed by atoms with E-state index >= 15 is 0 Å². The molecule has 1 saturated carbocycles. The Bertz CT molecular complexity index is 420. The van der Waals surface area contributed by atoms with E-state index in [1.54, 1.807) is 21.0 Å². The molecule has 1 atom stereocenters. The smallest absolute Gasteiger partial charge is 0.318 e. The summed E-state index contributed by atoms with van der Waals surface area (Å²) < 4.78 is 15.5. The second kappa shape index (κ2) is 5.06. The van der Waals surface area contributed by atoms with Gasteiger partial charge in [0.1, 0.15) is 11.5 Å². The first-order valence-corrected chi connectivity index (χ1v) is 6.19. The number of nitrogens with zero attached hydrogens (tertiary/aromatic N) is 2. The maximum absolute atomic E-state index is 11.6. The number of hydrogen-bond acceptors (Lipinski definition) is 6. The van der Waals surface area contributed by atoms with Gasteiger partial charge in [0.2, 0.25) is 11.7 Å². The van der Waals surface area contributed by atoms with Gasteiger partial charge in [-0.2, -0.15) is 4.98 Å². The lowest BCUT2D eigenvalue weighted by Gasteiger charge is -2.37. The number of hydrogen-bond donors (Lipinski definition) is 0. The van der Waals surface area contributed by atoms with Crippen molar-refractivity contribution in [2.45, 2.75) is 44.6 Å². The van der Waals surface area contributed by atoms with Crippen molar-refractivity contribution >= 4 is 5.97 Å². The summed E-state index contributed by atoms with van der Waals surface area (Å²) in [5.74, 6) is -0.0814. The van der Waals surface area contributed by atoms with Gasteiger partial charge in [-0.3, -0.25) is 4.79 Å². The predicted molar refractivity (Wildman–Crippen MR) is 61.9 cm³/mol. The molecule has 2 rings (SSSR count). The van der Waals surface area contributed by atoms with Crippen molar-refractivity contribution in [1.82, 2.24) is 10.1 Å². The molecule has 1 aliphatic rings. The van der Waals surface area contributed by atoms with E-state index in [0.717, 1.165) is 19.3 Å². The Kier molecular flexibility index (Phi) is 3.65. The minimum atomic E-state index is -0.541. The fourth-order valence-electron chi connectivity index (χ4n) is 1.98. The first-order valence-electron chi connectivity index (χ1n) is 6.19. The summed E-state index contributed by atoms with van der Waals surface area (Å²) in [6.45, 7) is 3.79. The van der Waals surface area contributed by atoms with Gasteiger partial charge in [-0.1, -0.05) is 5.16 Å². The van der Waals surface area contributed by atoms with Gasteiger partial charge in [0.25, 0.3) is 0 Å². The Morgan fingerprint density at radius 2 is 2.28 bits per heavy atom. The van der Waals surface area contributed by atoms with Crippen LogP contribution in [-0.2, 0) is 19.9 Å². The molecule has 0 aliphatic heterocycles. The Balaban J connectivity index is 2.12. The molecule has 6 heteroatoms. The molecule has 1 aliphatic carbocycles. The van der Waals surface area contributed by atoms with Crippen LogP contribution in [-0.4, -0.2) is 29.8 Å². The van der Waals surface area contributed by atoms with E-state index < -0.39 is 11.5 Å². The molecule has 1 aromatic heterocycles. The molecule has 1 heterocycles. The van der Waals surface area contributed by atoms with Crippen LogP contribution < -0.4 is 0 Å². The first kappa shape index (κ1) is 13.0. The molecule has 6 nitrogen and oxygen atoms in total. The van der Waals surface area contributed by atoms with Crippen molar-refractivity contribution in [3.8, 4) is 0 Å². The number of esters is 1. The standard InChI is InChI=1S/C12H18N2O4/c1-4-17-10(15)8(2)9-13-11(14-18-9)12(16-3)6-5-7-12/h8H,4-7H2,1-3H3. The zero-order valence-corrected chi connectivity index (χ0v) is 10.9. The van der Waals surface area contributed by atoms with Crippen LogP contribution in [0.1, 0.15) is 50.7 Å². The quantitative estimate of drug-likeness (QED) is 0.745. The second-order valence-electron chi connectivity index (χ2n) is 4.48. The Morgan fingerprint density at radius 3 is 2.78 bits per heavy atom. The van der Waals surface area contributed by atoms with Crippen LogP contribution in [0, 0.1) is 0 Å². The van der Waals surface area contributed by atoms with Crippen molar-refractivity contribution < 1.29 is 18.8 Å². The topological polar surface area (TPSA) is 74.5 Å². The highest BCUT2D eigenvalue weighted by Crippen LogP contribution is 2.42. The normalized spacial score (nSPS) is 19.1. The van der Waals surface area contributed by atoms with Gasteiger partial charge in [-0.15, -0.1) is 0 Å². The molecular weight excluding hydrogens is 236 g/mol. The molecule has 1 aromatic rings. The number of ether oxygens (including phenoxy) is 2. The molecule has 0 N–H and O–H groups in total. The molecule has 1 fully saturated rings. The highest BCUT2D eigenvalue weighted by atomic mass is 16.5. The van der Waals surface area contributed by atoms with Gasteiger partial charge in [0.15, 0.2) is 0 Å². The Labute approximate surface area is 106 Å². The van der Waals surface area contributed by atoms with Crippen LogP contribution in [0.3, 0.4) is 0 Å². The van der Waals surface area contributed by atoms with Crippen molar-refractivity contribution in [2.24, 2.45) is 0 Å². The SMILES string of the molecule is CCOC(=O)C(C)c1nc(C2(OC)CCC2)no1. The van der Waals surface area contributed by atoms with E-state index in [-0.39, 0.29) is 11.9 Å². The average molecular weight is 254 g/mol. The number of aromatic nitrogens is 2. The summed E-state index contributed by atoms with van der Waals surface area (Å²) in [5, 5.41) is 3.93. The van der Waals surface area contributed by atoms with E-state index in [1.165, 1.54) is 0 Å². The van der Waals surface area contributed by atoms with Crippen molar-refractivity contribution in [3.05, 3.63) is 11.7 Å². The maximum Gasteiger partial charge on any atom is 0.318 e. The lowest BCUT2D eigenvalue weighted by Crippen LogP contribution is -2.37. The van der Waals surface area contributed by atoms with Crippen LogP contribution in [0.15, 0.2) is 4.52 Å². The summed E-state index contributed by atoms with van der Waals surface area (Å²) >= 11 is 0. The molecule has 0 bridgehead atoms. The fraction of sp³-hybridized carbons (Fsp3) is 0.750. The van der Waals surface area contributed by atoms with Gasteiger partial charge in [0.05, 0.1) is 6.61 Å². The van der Waals surface area contributed by atoms with Crippen LogP contribution in [0.5, 0.6) is 0 Å². The third-order valence-electron chi connectivity index (χ3n) is 3.41. The molecule has 100 valence electrons. The highest BCUT2D eigenvalue weighted by molar-refractivity contribution is 5.76. The average Bonchev–Trinajstić information content (AvgIpc) is 2.77. The van der Waals surface area contributed by atoms with Crippen LogP contribution >= 0.6 is 0 Å². The zero-order chi connectivity index (χ0) is 13.2. The van der Waals surface area contributed by atoms with Crippen molar-refractivity contribution in [2.75, 3.05) is 13.7 Å². The van der Waals surface area contributed by atoms with E-state index in [9.17, 15) is 4.79 Å². The van der Waals surface area contributed by atoms with Gasteiger partial charge in [-0.05, 0) is 33.1 Å². The molecule has 0 radical (unpaired) electrons. The lowest BCUT2D eigenvalue weighted by atomic mass is 9.79. The summed E-state index contributed by atoms with van der Waals surface area (Å²) in [6, 6.07) is 0. The maximum atomic E-state index is 11.6. The van der Waals surface area contributed by atoms with Crippen molar-refractivity contribution in [1.29, 1.82) is 0 Å². The Hall–Kier alpha value is -1.43. The van der Waals surface area contributed by atoms with Crippen LogP contribution in [0.2, 0.25) is 0 Å². The summed E-state index contributed by atoms with van der Waals surface area (Å²) in [4.78, 5) is 15.8. The number of carbonyl (C=O) groups is 1. The van der Waals surface area contributed by atoms with E-state index in [0.29, 0.717) is 12.4 Å². The second-order valence-corrected chi connectivity index (χ2v) is 4.48. The number of carbonyl (C=O) groups excluding carboxylic acids is 1. The molecule has 18 heavy (non-hydrogen) atoms. The summed E-state index contributed by atoms with van der Waals surface area (Å²) in [7, 11) is 1.64. The zero-order valence-electron chi connectivity index (χ0n) is 10.9. The van der Waals surface area contributed by atoms with Crippen LogP contribution in [0.4, 0.5) is 0 Å². The first-order chi connectivity index (χ1) is 8.63. The molecule has 0 aromatic carbocycles. The molecule has 1 unspecified atom stereocenters. The van der Waals surface area contributed by atoms with Gasteiger partial charge in [-0.25, -0.2) is 0 Å². The predicted octanol–water partition coefficient (Wildman–Crippen LogP) is 1.76. The highest BCUT2D eigenvalue weighted by Gasteiger charge is 2.43. The largest absolute Gasteiger partial charge is 0.465 e. The molecule has 0 saturated heterocycles. The number of methoxy groups -OCH3 is 1. The third kappa shape index (κ3) is 2.12. The minimum absolute atomic E-state index is 0.284. The van der Waals surface area contributed by atoms with E-state index in [4.69, 9.17) is 14.0 Å². The Morgan fingerprint density at radius 1 is 1.56 bits per heavy atom. The minimum Gasteiger partial charge on any atom is -0.465 e. The van der Waals surface area contributed by atoms with E-state index in [2.05, 4.69) is 10.1 Å². The van der Waals surface area contributed by atoms with E-state index in [1.807, 2.05) is 0 Å². The monoisotopic (exact) mass is 254 g/mol. The van der Waals surface area contributed by atoms with Crippen molar-refractivity contribution in [3.63, 3.8) is 0 Å². The fourth-order valence-corrected chi connectivity index (χ4v) is 1.98. The molecule has 0 amide bonds. The van der Waals surface area contributed by atoms with Crippen LogP contribution in [0.25, 0.3) is 0 Å². The van der Waals surface area contributed by atoms with Gasteiger partial charge in [0, 0.05) is 7.11 Å². The third-order valence-corrected chi connectivity index (χ3v) is 3.41. The number of rotatable bonds is 5.